The molecule has 3 aliphatic rings. The molecule has 3 aliphatic heterocycles. The minimum Gasteiger partial charge on any atom is -0.508 e. The topological polar surface area (TPSA) is 108 Å². The van der Waals surface area contributed by atoms with Crippen molar-refractivity contribution < 1.29 is 27.8 Å². The molecule has 3 atom stereocenters. The molecule has 230 valence electrons. The second-order valence-electron chi connectivity index (χ2n) is 11.9. The standard InChI is InChI=1S/C33H29F3N6O3/c1-2-23-26(35)5-4-20-10-22(43)11-24(27(20)23)29-28(36)30-25(14-38-29)31(41-8-9-44-17-19(13-37)15-41)40-32(39-30)45-18-33-6-3-7-42(33)16-21(34)12-33/h1,4-5,10-11,14,19,21,43H,3,6-9,12,15-18H2/t19?,21-,33+/m1/s1. The van der Waals surface area contributed by atoms with E-state index in [1.807, 2.05) is 4.90 Å². The van der Waals surface area contributed by atoms with Gasteiger partial charge in [-0.05, 0) is 43.0 Å². The maximum Gasteiger partial charge on any atom is 0.319 e. The second-order valence-corrected chi connectivity index (χ2v) is 11.9. The number of rotatable bonds is 5. The zero-order valence-electron chi connectivity index (χ0n) is 24.3. The summed E-state index contributed by atoms with van der Waals surface area (Å²) in [6, 6.07) is 7.46. The van der Waals surface area contributed by atoms with E-state index in [1.54, 1.807) is 0 Å². The normalized spacial score (nSPS) is 23.5. The summed E-state index contributed by atoms with van der Waals surface area (Å²) in [7, 11) is 0. The minimum absolute atomic E-state index is 0.0904. The van der Waals surface area contributed by atoms with Crippen LogP contribution < -0.4 is 9.64 Å². The molecule has 0 saturated carbocycles. The summed E-state index contributed by atoms with van der Waals surface area (Å²) in [5.74, 6) is 0.483. The molecular weight excluding hydrogens is 585 g/mol. The number of aromatic nitrogens is 3. The number of pyridine rings is 1. The van der Waals surface area contributed by atoms with Crippen LogP contribution in [0.2, 0.25) is 0 Å². The van der Waals surface area contributed by atoms with Gasteiger partial charge in [0.25, 0.3) is 0 Å². The van der Waals surface area contributed by atoms with Gasteiger partial charge >= 0.3 is 6.01 Å². The third-order valence-corrected chi connectivity index (χ3v) is 9.07. The highest BCUT2D eigenvalue weighted by Gasteiger charge is 2.49. The van der Waals surface area contributed by atoms with Crippen LogP contribution in [-0.2, 0) is 4.74 Å². The fourth-order valence-electron chi connectivity index (χ4n) is 7.00. The first kappa shape index (κ1) is 29.1. The number of hydrogen-bond donors (Lipinski definition) is 1. The van der Waals surface area contributed by atoms with E-state index >= 15 is 4.39 Å². The lowest BCUT2D eigenvalue weighted by atomic mass is 9.95. The molecule has 9 nitrogen and oxygen atoms in total. The van der Waals surface area contributed by atoms with Crippen molar-refractivity contribution in [1.82, 2.24) is 19.9 Å². The minimum atomic E-state index is -0.956. The van der Waals surface area contributed by atoms with Crippen LogP contribution >= 0.6 is 0 Å². The van der Waals surface area contributed by atoms with Gasteiger partial charge in [-0.1, -0.05) is 12.0 Å². The molecule has 2 aromatic carbocycles. The SMILES string of the molecule is C#Cc1c(F)ccc2cc(O)cc(-c3ncc4c(N5CCOCC(C#N)C5)nc(OC[C@@]56CCCN5C[C@H](F)C6)nc4c3F)c12. The Morgan fingerprint density at radius 3 is 2.89 bits per heavy atom. The third kappa shape index (κ3) is 5.04. The lowest BCUT2D eigenvalue weighted by molar-refractivity contribution is 0.107. The zero-order valence-corrected chi connectivity index (χ0v) is 24.3. The Bertz CT molecular complexity index is 1910. The van der Waals surface area contributed by atoms with Crippen molar-refractivity contribution >= 4 is 27.5 Å². The number of hydrogen-bond acceptors (Lipinski definition) is 9. The van der Waals surface area contributed by atoms with Gasteiger partial charge in [0.2, 0.25) is 0 Å². The first-order valence-corrected chi connectivity index (χ1v) is 14.8. The van der Waals surface area contributed by atoms with Crippen molar-refractivity contribution in [2.45, 2.75) is 31.0 Å². The molecule has 0 bridgehead atoms. The quantitative estimate of drug-likeness (QED) is 0.319. The molecule has 1 unspecified atom stereocenters. The Hall–Kier alpha value is -4.65. The van der Waals surface area contributed by atoms with E-state index in [0.29, 0.717) is 37.3 Å². The number of phenols is 1. The molecule has 0 radical (unpaired) electrons. The van der Waals surface area contributed by atoms with Crippen LogP contribution in [0.15, 0.2) is 30.5 Å². The van der Waals surface area contributed by atoms with E-state index in [9.17, 15) is 19.1 Å². The molecular formula is C33H29F3N6O3. The number of nitriles is 1. The van der Waals surface area contributed by atoms with Crippen LogP contribution in [0.5, 0.6) is 11.8 Å². The van der Waals surface area contributed by atoms with E-state index in [2.05, 4.69) is 31.8 Å². The van der Waals surface area contributed by atoms with Gasteiger partial charge in [0.05, 0.1) is 41.7 Å². The number of alkyl halides is 1. The smallest absolute Gasteiger partial charge is 0.319 e. The van der Waals surface area contributed by atoms with Gasteiger partial charge in [0.1, 0.15) is 41.4 Å². The molecule has 45 heavy (non-hydrogen) atoms. The van der Waals surface area contributed by atoms with Crippen LogP contribution in [0.25, 0.3) is 32.9 Å². The Morgan fingerprint density at radius 2 is 2.07 bits per heavy atom. The van der Waals surface area contributed by atoms with Crippen LogP contribution in [-0.4, -0.2) is 82.7 Å². The number of fused-ring (bicyclic) bond motifs is 3. The number of phenolic OH excluding ortho intramolecular Hbond substituents is 1. The third-order valence-electron chi connectivity index (χ3n) is 9.07. The van der Waals surface area contributed by atoms with Crippen LogP contribution in [0.3, 0.4) is 0 Å². The molecule has 1 N–H and O–H groups in total. The maximum atomic E-state index is 16.7. The first-order chi connectivity index (χ1) is 21.8. The number of nitrogens with zero attached hydrogens (tertiary/aromatic N) is 6. The Labute approximate surface area is 257 Å². The van der Waals surface area contributed by atoms with Crippen molar-refractivity contribution in [2.24, 2.45) is 5.92 Å². The Kier molecular flexibility index (Phi) is 7.35. The van der Waals surface area contributed by atoms with Crippen molar-refractivity contribution in [2.75, 3.05) is 50.9 Å². The number of terminal acetylenes is 1. The number of halogens is 3. The van der Waals surface area contributed by atoms with E-state index < -0.39 is 29.3 Å². The average molecular weight is 615 g/mol. The summed E-state index contributed by atoms with van der Waals surface area (Å²) in [6.07, 6.45) is 8.13. The van der Waals surface area contributed by atoms with Gasteiger partial charge < -0.3 is 19.5 Å². The molecule has 7 rings (SSSR count). The number of ether oxygens (including phenoxy) is 2. The number of aromatic hydroxyl groups is 1. The molecule has 12 heteroatoms. The molecule has 4 aromatic rings. The highest BCUT2D eigenvalue weighted by molar-refractivity contribution is 6.03. The molecule has 0 aliphatic carbocycles. The Morgan fingerprint density at radius 1 is 1.20 bits per heavy atom. The van der Waals surface area contributed by atoms with Crippen LogP contribution in [0.4, 0.5) is 19.0 Å². The van der Waals surface area contributed by atoms with Crippen LogP contribution in [0, 0.1) is 41.2 Å². The number of benzene rings is 2. The monoisotopic (exact) mass is 614 g/mol. The van der Waals surface area contributed by atoms with Gasteiger partial charge in [-0.15, -0.1) is 6.42 Å². The predicted octanol–water partition coefficient (Wildman–Crippen LogP) is 4.74. The Balaban J connectivity index is 1.39. The maximum absolute atomic E-state index is 16.7. The van der Waals surface area contributed by atoms with Crippen LogP contribution in [0.1, 0.15) is 24.8 Å². The number of anilines is 1. The van der Waals surface area contributed by atoms with E-state index in [0.717, 1.165) is 19.4 Å². The molecule has 0 amide bonds. The summed E-state index contributed by atoms with van der Waals surface area (Å²) < 4.78 is 57.7. The van der Waals surface area contributed by atoms with E-state index in [1.165, 1.54) is 30.5 Å². The van der Waals surface area contributed by atoms with Crippen molar-refractivity contribution in [1.29, 1.82) is 5.26 Å². The summed E-state index contributed by atoms with van der Waals surface area (Å²) in [6.45, 7) is 2.46. The van der Waals surface area contributed by atoms with E-state index in [-0.39, 0.29) is 64.6 Å². The predicted molar refractivity (Wildman–Crippen MR) is 160 cm³/mol. The van der Waals surface area contributed by atoms with Gasteiger partial charge in [-0.2, -0.15) is 15.2 Å². The second kappa shape index (κ2) is 11.4. The fraction of sp³-hybridized carbons (Fsp3) is 0.394. The van der Waals surface area contributed by atoms with Gasteiger partial charge in [0.15, 0.2) is 5.82 Å². The lowest BCUT2D eigenvalue weighted by Gasteiger charge is -2.31. The highest BCUT2D eigenvalue weighted by Crippen LogP contribution is 2.41. The van der Waals surface area contributed by atoms with E-state index in [4.69, 9.17) is 15.9 Å². The summed E-state index contributed by atoms with van der Waals surface area (Å²) >= 11 is 0. The highest BCUT2D eigenvalue weighted by atomic mass is 19.1. The summed E-state index contributed by atoms with van der Waals surface area (Å²) in [5, 5.41) is 21.0. The molecule has 0 spiro atoms. The average Bonchev–Trinajstić information content (AvgIpc) is 3.44. The molecule has 2 aromatic heterocycles. The van der Waals surface area contributed by atoms with Gasteiger partial charge in [0, 0.05) is 43.2 Å². The fourth-order valence-corrected chi connectivity index (χ4v) is 7.00. The first-order valence-electron chi connectivity index (χ1n) is 14.8. The van der Waals surface area contributed by atoms with Crippen molar-refractivity contribution in [3.63, 3.8) is 0 Å². The molecule has 5 heterocycles. The molecule has 3 fully saturated rings. The van der Waals surface area contributed by atoms with Crippen molar-refractivity contribution in [3.05, 3.63) is 47.7 Å². The lowest BCUT2D eigenvalue weighted by Crippen LogP contribution is -2.43. The van der Waals surface area contributed by atoms with Crippen molar-refractivity contribution in [3.8, 4) is 41.4 Å². The summed E-state index contributed by atoms with van der Waals surface area (Å²) in [5.41, 5.74) is -0.812. The van der Waals surface area contributed by atoms with Gasteiger partial charge in [-0.25, -0.2) is 13.2 Å². The van der Waals surface area contributed by atoms with Gasteiger partial charge in [-0.3, -0.25) is 9.88 Å². The molecule has 3 saturated heterocycles. The largest absolute Gasteiger partial charge is 0.508 e. The summed E-state index contributed by atoms with van der Waals surface area (Å²) in [4.78, 5) is 17.5. The zero-order chi connectivity index (χ0) is 31.3.